The smallest absolute Gasteiger partial charge is 0.145 e. The fraction of sp³-hybridized carbons (Fsp3) is 0.545. The molecule has 76 valence electrons. The van der Waals surface area contributed by atoms with Crippen molar-refractivity contribution < 1.29 is 4.74 Å². The minimum atomic E-state index is 0.630. The maximum Gasteiger partial charge on any atom is 0.145 e. The molecule has 0 atom stereocenters. The fourth-order valence-corrected chi connectivity index (χ4v) is 1.91. The lowest BCUT2D eigenvalue weighted by Gasteiger charge is -2.12. The molecule has 0 amide bonds. The first-order valence-corrected chi connectivity index (χ1v) is 5.18. The zero-order valence-corrected chi connectivity index (χ0v) is 8.28. The number of pyridine rings is 1. The van der Waals surface area contributed by atoms with Gasteiger partial charge in [0.2, 0.25) is 0 Å². The van der Waals surface area contributed by atoms with Gasteiger partial charge in [0.1, 0.15) is 5.75 Å². The topological polar surface area (TPSA) is 48.1 Å². The van der Waals surface area contributed by atoms with E-state index in [9.17, 15) is 0 Å². The van der Waals surface area contributed by atoms with Crippen LogP contribution in [0, 0.1) is 5.92 Å². The average molecular weight is 192 g/mol. The lowest BCUT2D eigenvalue weighted by atomic mass is 10.1. The van der Waals surface area contributed by atoms with Gasteiger partial charge in [-0.25, -0.2) is 0 Å². The van der Waals surface area contributed by atoms with Gasteiger partial charge < -0.3 is 10.5 Å². The quantitative estimate of drug-likeness (QED) is 0.798. The maximum atomic E-state index is 5.72. The summed E-state index contributed by atoms with van der Waals surface area (Å²) >= 11 is 0. The van der Waals surface area contributed by atoms with Gasteiger partial charge in [0, 0.05) is 12.3 Å². The maximum absolute atomic E-state index is 5.72. The Bertz CT molecular complexity index is 295. The normalized spacial score (nSPS) is 17.1. The van der Waals surface area contributed by atoms with Gasteiger partial charge in [0.05, 0.1) is 18.5 Å². The van der Waals surface area contributed by atoms with Gasteiger partial charge in [0.15, 0.2) is 0 Å². The number of anilines is 1. The van der Waals surface area contributed by atoms with Crippen LogP contribution in [0.2, 0.25) is 0 Å². The molecule has 14 heavy (non-hydrogen) atoms. The van der Waals surface area contributed by atoms with Crippen molar-refractivity contribution in [1.82, 2.24) is 4.98 Å². The molecule has 1 fully saturated rings. The number of nitrogens with two attached hydrogens (primary N) is 1. The van der Waals surface area contributed by atoms with Crippen LogP contribution in [-0.4, -0.2) is 11.6 Å². The highest BCUT2D eigenvalue weighted by Gasteiger charge is 2.15. The molecule has 0 spiro atoms. The number of nitrogen functional groups attached to an aromatic ring is 1. The van der Waals surface area contributed by atoms with Crippen molar-refractivity contribution in [2.45, 2.75) is 25.7 Å². The Morgan fingerprint density at radius 2 is 2.21 bits per heavy atom. The Kier molecular flexibility index (Phi) is 2.87. The highest BCUT2D eigenvalue weighted by Crippen LogP contribution is 2.26. The first kappa shape index (κ1) is 9.31. The minimum Gasteiger partial charge on any atom is -0.491 e. The Morgan fingerprint density at radius 3 is 2.93 bits per heavy atom. The van der Waals surface area contributed by atoms with E-state index in [4.69, 9.17) is 10.5 Å². The van der Waals surface area contributed by atoms with E-state index in [-0.39, 0.29) is 0 Å². The van der Waals surface area contributed by atoms with Gasteiger partial charge in [-0.2, -0.15) is 0 Å². The molecule has 2 rings (SSSR count). The lowest BCUT2D eigenvalue weighted by molar-refractivity contribution is 0.253. The van der Waals surface area contributed by atoms with Crippen molar-refractivity contribution in [3.8, 4) is 5.75 Å². The Labute approximate surface area is 84.3 Å². The van der Waals surface area contributed by atoms with Gasteiger partial charge in [-0.1, -0.05) is 12.8 Å². The number of hydrogen-bond acceptors (Lipinski definition) is 3. The van der Waals surface area contributed by atoms with E-state index in [2.05, 4.69) is 4.98 Å². The lowest BCUT2D eigenvalue weighted by Crippen LogP contribution is -2.09. The standard InChI is InChI=1S/C11H16N2O/c12-10-7-13-6-5-11(10)14-8-9-3-1-2-4-9/h5-7,9H,1-4,8,12H2. The average Bonchev–Trinajstić information content (AvgIpc) is 2.69. The molecule has 0 radical (unpaired) electrons. The highest BCUT2D eigenvalue weighted by atomic mass is 16.5. The molecule has 1 aromatic heterocycles. The molecule has 1 heterocycles. The van der Waals surface area contributed by atoms with Gasteiger partial charge in [-0.15, -0.1) is 0 Å². The Balaban J connectivity index is 1.88. The number of rotatable bonds is 3. The van der Waals surface area contributed by atoms with E-state index in [1.807, 2.05) is 6.07 Å². The summed E-state index contributed by atoms with van der Waals surface area (Å²) in [5, 5.41) is 0. The largest absolute Gasteiger partial charge is 0.491 e. The van der Waals surface area contributed by atoms with Crippen molar-refractivity contribution in [1.29, 1.82) is 0 Å². The van der Waals surface area contributed by atoms with Crippen LogP contribution in [0.1, 0.15) is 25.7 Å². The van der Waals surface area contributed by atoms with Crippen LogP contribution in [0.25, 0.3) is 0 Å². The number of aromatic nitrogens is 1. The molecular weight excluding hydrogens is 176 g/mol. The van der Waals surface area contributed by atoms with Crippen LogP contribution in [0.5, 0.6) is 5.75 Å². The monoisotopic (exact) mass is 192 g/mol. The molecule has 2 N–H and O–H groups in total. The van der Waals surface area contributed by atoms with E-state index in [0.717, 1.165) is 18.3 Å². The van der Waals surface area contributed by atoms with Gasteiger partial charge in [-0.3, -0.25) is 4.98 Å². The number of ether oxygens (including phenoxy) is 1. The SMILES string of the molecule is Nc1cnccc1OCC1CCCC1. The number of nitrogens with zero attached hydrogens (tertiary/aromatic N) is 1. The summed E-state index contributed by atoms with van der Waals surface area (Å²) in [7, 11) is 0. The summed E-state index contributed by atoms with van der Waals surface area (Å²) in [6.45, 7) is 0.800. The predicted octanol–water partition coefficient (Wildman–Crippen LogP) is 2.23. The molecule has 3 nitrogen and oxygen atoms in total. The Hall–Kier alpha value is -1.25. The molecule has 0 aromatic carbocycles. The molecule has 1 saturated carbocycles. The molecule has 0 unspecified atom stereocenters. The second kappa shape index (κ2) is 4.31. The van der Waals surface area contributed by atoms with Crippen LogP contribution in [-0.2, 0) is 0 Å². The highest BCUT2D eigenvalue weighted by molar-refractivity contribution is 5.49. The van der Waals surface area contributed by atoms with Crippen molar-refractivity contribution in [3.63, 3.8) is 0 Å². The van der Waals surface area contributed by atoms with Crippen LogP contribution in [0.3, 0.4) is 0 Å². The summed E-state index contributed by atoms with van der Waals surface area (Å²) in [4.78, 5) is 3.92. The summed E-state index contributed by atoms with van der Waals surface area (Å²) < 4.78 is 5.66. The van der Waals surface area contributed by atoms with Crippen molar-refractivity contribution in [3.05, 3.63) is 18.5 Å². The van der Waals surface area contributed by atoms with E-state index in [1.165, 1.54) is 25.7 Å². The van der Waals surface area contributed by atoms with Crippen molar-refractivity contribution >= 4 is 5.69 Å². The molecule has 0 aliphatic heterocycles. The third-order valence-corrected chi connectivity index (χ3v) is 2.76. The van der Waals surface area contributed by atoms with E-state index in [1.54, 1.807) is 12.4 Å². The van der Waals surface area contributed by atoms with Gasteiger partial charge in [-0.05, 0) is 18.8 Å². The van der Waals surface area contributed by atoms with Crippen molar-refractivity contribution in [2.24, 2.45) is 5.92 Å². The zero-order chi connectivity index (χ0) is 9.80. The summed E-state index contributed by atoms with van der Waals surface area (Å²) in [6.07, 6.45) is 8.63. The second-order valence-corrected chi connectivity index (χ2v) is 3.87. The predicted molar refractivity (Wildman–Crippen MR) is 56.1 cm³/mol. The van der Waals surface area contributed by atoms with Crippen LogP contribution >= 0.6 is 0 Å². The van der Waals surface area contributed by atoms with Crippen LogP contribution in [0.15, 0.2) is 18.5 Å². The van der Waals surface area contributed by atoms with E-state index >= 15 is 0 Å². The minimum absolute atomic E-state index is 0.630. The fourth-order valence-electron chi connectivity index (χ4n) is 1.91. The molecular formula is C11H16N2O. The zero-order valence-electron chi connectivity index (χ0n) is 8.28. The summed E-state index contributed by atoms with van der Waals surface area (Å²) in [6, 6.07) is 1.82. The number of hydrogen-bond donors (Lipinski definition) is 1. The first-order chi connectivity index (χ1) is 6.86. The third-order valence-electron chi connectivity index (χ3n) is 2.76. The van der Waals surface area contributed by atoms with Gasteiger partial charge in [0.25, 0.3) is 0 Å². The second-order valence-electron chi connectivity index (χ2n) is 3.87. The van der Waals surface area contributed by atoms with Crippen molar-refractivity contribution in [2.75, 3.05) is 12.3 Å². The molecule has 1 aromatic rings. The summed E-state index contributed by atoms with van der Waals surface area (Å²) in [5.74, 6) is 1.49. The molecule has 0 bridgehead atoms. The summed E-state index contributed by atoms with van der Waals surface area (Å²) in [5.41, 5.74) is 6.35. The molecule has 0 saturated heterocycles. The first-order valence-electron chi connectivity index (χ1n) is 5.18. The molecule has 3 heteroatoms. The van der Waals surface area contributed by atoms with Gasteiger partial charge >= 0.3 is 0 Å². The third kappa shape index (κ3) is 2.16. The Morgan fingerprint density at radius 1 is 1.43 bits per heavy atom. The molecule has 1 aliphatic rings. The van der Waals surface area contributed by atoms with E-state index < -0.39 is 0 Å². The molecule has 1 aliphatic carbocycles. The van der Waals surface area contributed by atoms with Crippen LogP contribution < -0.4 is 10.5 Å². The van der Waals surface area contributed by atoms with Crippen LogP contribution in [0.4, 0.5) is 5.69 Å². The van der Waals surface area contributed by atoms with E-state index in [0.29, 0.717) is 5.69 Å².